The third kappa shape index (κ3) is 3.03. The number of rotatable bonds is 2. The fourth-order valence-corrected chi connectivity index (χ4v) is 4.55. The van der Waals surface area contributed by atoms with Crippen LogP contribution in [0.3, 0.4) is 0 Å². The maximum Gasteiger partial charge on any atom is 0.196 e. The Kier molecular flexibility index (Phi) is 4.74. The quantitative estimate of drug-likeness (QED) is 0.773. The van der Waals surface area contributed by atoms with Gasteiger partial charge in [0.2, 0.25) is 0 Å². The van der Waals surface area contributed by atoms with Crippen LogP contribution >= 0.6 is 23.2 Å². The van der Waals surface area contributed by atoms with Crippen molar-refractivity contribution in [3.63, 3.8) is 0 Å². The molecule has 0 saturated carbocycles. The van der Waals surface area contributed by atoms with Gasteiger partial charge in [-0.15, -0.1) is 0 Å². The largest absolute Gasteiger partial charge is 0.325 e. The van der Waals surface area contributed by atoms with Crippen molar-refractivity contribution in [2.24, 2.45) is 0 Å². The molecule has 4 heteroatoms. The summed E-state index contributed by atoms with van der Waals surface area (Å²) in [6, 6.07) is 15.8. The normalized spacial score (nSPS) is 28.1. The number of Topliss-reactive ketones (excluding diaryl/α,β-unsaturated/α-hetero) is 1. The molecule has 2 aliphatic heterocycles. The van der Waals surface area contributed by atoms with Crippen molar-refractivity contribution in [1.29, 1.82) is 0 Å². The lowest BCUT2D eigenvalue weighted by atomic mass is 9.88. The summed E-state index contributed by atoms with van der Waals surface area (Å²) in [7, 11) is 2.18. The van der Waals surface area contributed by atoms with Crippen molar-refractivity contribution >= 4 is 41.1 Å². The minimum absolute atomic E-state index is 0.128. The number of likely N-dealkylation sites (N-methyl/N-ethyl adjacent to an activating group) is 1. The molecule has 0 radical (unpaired) electrons. The predicted octanol–water partition coefficient (Wildman–Crippen LogP) is 4.09. The van der Waals surface area contributed by atoms with Crippen molar-refractivity contribution in [2.45, 2.75) is 24.9 Å². The average Bonchev–Trinajstić information content (AvgIpc) is 2.94. The van der Waals surface area contributed by atoms with Crippen LogP contribution in [0.2, 0.25) is 10.0 Å². The van der Waals surface area contributed by atoms with Crippen LogP contribution in [0.25, 0.3) is 12.2 Å². The van der Waals surface area contributed by atoms with E-state index < -0.39 is 0 Å². The first-order chi connectivity index (χ1) is 12.6. The Hall–Kier alpha value is -1.87. The number of fused-ring (bicyclic) bond motifs is 2. The van der Waals surface area contributed by atoms with Crippen LogP contribution in [0, 0.1) is 0 Å². The van der Waals surface area contributed by atoms with Gasteiger partial charge >= 0.3 is 0 Å². The van der Waals surface area contributed by atoms with Crippen LogP contribution in [-0.4, -0.2) is 24.9 Å². The molecule has 2 aromatic carbocycles. The second-order valence-electron chi connectivity index (χ2n) is 7.00. The number of nitrogens with one attached hydrogen (secondary N) is 1. The molecule has 0 spiro atoms. The van der Waals surface area contributed by atoms with Gasteiger partial charge in [-0.2, -0.15) is 0 Å². The number of halogens is 2. The molecular weight excluding hydrogens is 365 g/mol. The van der Waals surface area contributed by atoms with E-state index >= 15 is 0 Å². The van der Waals surface area contributed by atoms with Gasteiger partial charge in [-0.05, 0) is 35.4 Å². The SMILES string of the molecule is C[NH+]1[C@@H]2CC[C@H]1/C(=C\c1ccccc1Cl)C(=O)/C2=C\c1ccccc1Cl. The summed E-state index contributed by atoms with van der Waals surface area (Å²) in [6.07, 6.45) is 5.97. The van der Waals surface area contributed by atoms with Crippen LogP contribution in [0.15, 0.2) is 59.7 Å². The third-order valence-corrected chi connectivity index (χ3v) is 6.24. The number of piperidine rings is 1. The molecular formula is C22H20Cl2NO+. The molecule has 2 heterocycles. The number of quaternary nitrogens is 1. The van der Waals surface area contributed by atoms with Crippen molar-refractivity contribution in [3.05, 3.63) is 80.8 Å². The summed E-state index contributed by atoms with van der Waals surface area (Å²) in [6.45, 7) is 0. The van der Waals surface area contributed by atoms with Gasteiger partial charge in [-0.3, -0.25) is 4.79 Å². The average molecular weight is 385 g/mol. The molecule has 2 bridgehead atoms. The van der Waals surface area contributed by atoms with Crippen LogP contribution in [0.1, 0.15) is 24.0 Å². The Labute approximate surface area is 163 Å². The molecule has 0 aliphatic carbocycles. The molecule has 3 atom stereocenters. The molecule has 4 rings (SSSR count). The first-order valence-electron chi connectivity index (χ1n) is 8.86. The number of benzene rings is 2. The van der Waals surface area contributed by atoms with Gasteiger partial charge in [0.1, 0.15) is 12.1 Å². The standard InChI is InChI=1S/C22H19Cl2NO/c1-25-20-10-11-21(25)17(13-15-7-3-5-9-19(15)24)22(26)16(20)12-14-6-2-4-8-18(14)23/h2-9,12-13,20-21H,10-11H2,1H3/p+1/b16-12-,17-13+/t20-,21+/m1/s1. The minimum Gasteiger partial charge on any atom is -0.325 e. The zero-order chi connectivity index (χ0) is 18.3. The Morgan fingerprint density at radius 1 is 0.846 bits per heavy atom. The second kappa shape index (κ2) is 7.03. The van der Waals surface area contributed by atoms with E-state index in [0.29, 0.717) is 10.0 Å². The van der Waals surface area contributed by atoms with E-state index in [1.54, 1.807) is 0 Å². The summed E-state index contributed by atoms with van der Waals surface area (Å²) in [5.74, 6) is 0.128. The van der Waals surface area contributed by atoms with Crippen molar-refractivity contribution < 1.29 is 9.69 Å². The Bertz CT molecular complexity index is 858. The maximum atomic E-state index is 13.3. The van der Waals surface area contributed by atoms with Gasteiger partial charge in [0.15, 0.2) is 5.78 Å². The van der Waals surface area contributed by atoms with E-state index in [2.05, 4.69) is 7.05 Å². The fourth-order valence-electron chi connectivity index (χ4n) is 4.17. The summed E-state index contributed by atoms with van der Waals surface area (Å²) >= 11 is 12.6. The fraction of sp³-hybridized carbons (Fsp3) is 0.227. The van der Waals surface area contributed by atoms with Gasteiger partial charge in [0.25, 0.3) is 0 Å². The van der Waals surface area contributed by atoms with Crippen LogP contribution in [0.4, 0.5) is 0 Å². The van der Waals surface area contributed by atoms with Gasteiger partial charge in [0, 0.05) is 22.9 Å². The summed E-state index contributed by atoms with van der Waals surface area (Å²) in [5.41, 5.74) is 3.49. The minimum atomic E-state index is 0.128. The van der Waals surface area contributed by atoms with E-state index in [4.69, 9.17) is 23.2 Å². The lowest BCUT2D eigenvalue weighted by Gasteiger charge is -2.31. The van der Waals surface area contributed by atoms with Crippen LogP contribution < -0.4 is 4.90 Å². The Morgan fingerprint density at radius 3 is 1.69 bits per heavy atom. The lowest BCUT2D eigenvalue weighted by Crippen LogP contribution is -3.16. The number of hydrogen-bond donors (Lipinski definition) is 1. The van der Waals surface area contributed by atoms with E-state index in [1.807, 2.05) is 60.7 Å². The molecule has 0 aromatic heterocycles. The molecule has 26 heavy (non-hydrogen) atoms. The number of ketones is 1. The monoisotopic (exact) mass is 384 g/mol. The highest BCUT2D eigenvalue weighted by Crippen LogP contribution is 2.32. The number of hydrogen-bond acceptors (Lipinski definition) is 1. The smallest absolute Gasteiger partial charge is 0.196 e. The predicted molar refractivity (Wildman–Crippen MR) is 108 cm³/mol. The molecule has 1 N–H and O–H groups in total. The van der Waals surface area contributed by atoms with E-state index in [0.717, 1.165) is 35.1 Å². The van der Waals surface area contributed by atoms with Crippen LogP contribution in [-0.2, 0) is 4.79 Å². The zero-order valence-electron chi connectivity index (χ0n) is 14.5. The molecule has 2 nitrogen and oxygen atoms in total. The van der Waals surface area contributed by atoms with E-state index in [-0.39, 0.29) is 17.9 Å². The summed E-state index contributed by atoms with van der Waals surface area (Å²) in [5, 5.41) is 1.34. The van der Waals surface area contributed by atoms with Crippen molar-refractivity contribution in [3.8, 4) is 0 Å². The molecule has 2 saturated heterocycles. The molecule has 2 aliphatic rings. The molecule has 132 valence electrons. The third-order valence-electron chi connectivity index (χ3n) is 5.55. The second-order valence-corrected chi connectivity index (χ2v) is 7.81. The summed E-state index contributed by atoms with van der Waals surface area (Å²) < 4.78 is 0. The van der Waals surface area contributed by atoms with Gasteiger partial charge in [-0.25, -0.2) is 0 Å². The van der Waals surface area contributed by atoms with Gasteiger partial charge in [-0.1, -0.05) is 59.6 Å². The highest BCUT2D eigenvalue weighted by molar-refractivity contribution is 6.33. The van der Waals surface area contributed by atoms with E-state index in [1.165, 1.54) is 4.90 Å². The molecule has 0 amide bonds. The number of carbonyl (C=O) groups excluding carboxylic acids is 1. The molecule has 1 unspecified atom stereocenters. The number of carbonyl (C=O) groups is 1. The Morgan fingerprint density at radius 2 is 1.27 bits per heavy atom. The molecule has 2 aromatic rings. The molecule has 2 fully saturated rings. The zero-order valence-corrected chi connectivity index (χ0v) is 16.0. The maximum absolute atomic E-state index is 13.3. The lowest BCUT2D eigenvalue weighted by molar-refractivity contribution is -0.906. The highest BCUT2D eigenvalue weighted by atomic mass is 35.5. The van der Waals surface area contributed by atoms with E-state index in [9.17, 15) is 4.79 Å². The summed E-state index contributed by atoms with van der Waals surface area (Å²) in [4.78, 5) is 14.7. The topological polar surface area (TPSA) is 21.5 Å². The van der Waals surface area contributed by atoms with Gasteiger partial charge in [0.05, 0.1) is 18.2 Å². The van der Waals surface area contributed by atoms with Crippen molar-refractivity contribution in [2.75, 3.05) is 7.05 Å². The van der Waals surface area contributed by atoms with Gasteiger partial charge < -0.3 is 4.90 Å². The highest BCUT2D eigenvalue weighted by Gasteiger charge is 2.48. The first kappa shape index (κ1) is 17.5. The van der Waals surface area contributed by atoms with Crippen LogP contribution in [0.5, 0.6) is 0 Å². The Balaban J connectivity index is 1.81. The van der Waals surface area contributed by atoms with Crippen molar-refractivity contribution in [1.82, 2.24) is 0 Å². The first-order valence-corrected chi connectivity index (χ1v) is 9.62.